The van der Waals surface area contributed by atoms with Crippen LogP contribution in [-0.2, 0) is 22.6 Å². The van der Waals surface area contributed by atoms with Crippen molar-refractivity contribution in [1.29, 1.82) is 0 Å². The van der Waals surface area contributed by atoms with Crippen molar-refractivity contribution in [1.82, 2.24) is 0 Å². The highest BCUT2D eigenvalue weighted by molar-refractivity contribution is 6.02. The zero-order valence-electron chi connectivity index (χ0n) is 16.5. The smallest absolute Gasteiger partial charge is 0.270 e. The quantitative estimate of drug-likeness (QED) is 0.297. The lowest BCUT2D eigenvalue weighted by Crippen LogP contribution is -2.13. The molecule has 31 heavy (non-hydrogen) atoms. The van der Waals surface area contributed by atoms with Crippen LogP contribution in [0, 0.1) is 10.1 Å². The van der Waals surface area contributed by atoms with Crippen molar-refractivity contribution in [3.63, 3.8) is 0 Å². The number of carbonyl (C=O) groups is 1. The standard InChI is InChI=1S/C24H18N2O5/c27-23(8-6-17-10-20(26(28)29)11-18-13-30-14-31-24(17)18)25-19-7-5-16-9-15-3-1-2-4-21(15)22(16)12-19/h1-8,10-12H,9,13-14H2,(H,25,27)/b8-6+. The number of anilines is 1. The third-order valence-corrected chi connectivity index (χ3v) is 5.41. The van der Waals surface area contributed by atoms with E-state index < -0.39 is 4.92 Å². The Morgan fingerprint density at radius 1 is 1.03 bits per heavy atom. The van der Waals surface area contributed by atoms with E-state index in [2.05, 4.69) is 17.4 Å². The van der Waals surface area contributed by atoms with Crippen molar-refractivity contribution in [3.05, 3.63) is 93.0 Å². The number of hydrogen-bond donors (Lipinski definition) is 1. The fourth-order valence-corrected chi connectivity index (χ4v) is 4.01. The van der Waals surface area contributed by atoms with Gasteiger partial charge in [-0.2, -0.15) is 0 Å². The molecule has 7 heteroatoms. The Balaban J connectivity index is 1.38. The summed E-state index contributed by atoms with van der Waals surface area (Å²) < 4.78 is 10.7. The molecule has 1 aliphatic heterocycles. The van der Waals surface area contributed by atoms with Gasteiger partial charge in [0.15, 0.2) is 6.79 Å². The maximum atomic E-state index is 12.5. The number of nitrogens with one attached hydrogen (secondary N) is 1. The van der Waals surface area contributed by atoms with E-state index in [1.807, 2.05) is 30.3 Å². The number of non-ortho nitro benzene ring substituents is 1. The van der Waals surface area contributed by atoms with Crippen LogP contribution >= 0.6 is 0 Å². The Morgan fingerprint density at radius 3 is 2.74 bits per heavy atom. The van der Waals surface area contributed by atoms with Crippen LogP contribution in [-0.4, -0.2) is 17.6 Å². The molecule has 1 N–H and O–H groups in total. The zero-order chi connectivity index (χ0) is 21.4. The SMILES string of the molecule is O=C(/C=C/c1cc([N+](=O)[O-])cc2c1OCOC2)Nc1ccc2c(c1)-c1ccccc1C2. The van der Waals surface area contributed by atoms with Crippen LogP contribution in [0.3, 0.4) is 0 Å². The number of amides is 1. The zero-order valence-corrected chi connectivity index (χ0v) is 16.5. The molecule has 154 valence electrons. The largest absolute Gasteiger partial charge is 0.467 e. The Kier molecular flexibility index (Phi) is 4.72. The molecule has 0 unspecified atom stereocenters. The molecule has 1 heterocycles. The average molecular weight is 414 g/mol. The van der Waals surface area contributed by atoms with Gasteiger partial charge in [0.2, 0.25) is 5.91 Å². The molecule has 0 aromatic heterocycles. The topological polar surface area (TPSA) is 90.7 Å². The van der Waals surface area contributed by atoms with Gasteiger partial charge in [-0.3, -0.25) is 14.9 Å². The van der Waals surface area contributed by atoms with E-state index in [1.54, 1.807) is 0 Å². The summed E-state index contributed by atoms with van der Waals surface area (Å²) in [6, 6.07) is 16.9. The number of carbonyl (C=O) groups excluding carboxylic acids is 1. The van der Waals surface area contributed by atoms with Crippen molar-refractivity contribution < 1.29 is 19.2 Å². The van der Waals surface area contributed by atoms with Gasteiger partial charge >= 0.3 is 0 Å². The molecule has 0 spiro atoms. The molecule has 7 nitrogen and oxygen atoms in total. The van der Waals surface area contributed by atoms with E-state index in [0.717, 1.165) is 12.0 Å². The van der Waals surface area contributed by atoms with Crippen LogP contribution in [0.5, 0.6) is 5.75 Å². The summed E-state index contributed by atoms with van der Waals surface area (Å²) in [6.07, 6.45) is 3.76. The van der Waals surface area contributed by atoms with Crippen LogP contribution in [0.4, 0.5) is 11.4 Å². The summed E-state index contributed by atoms with van der Waals surface area (Å²) >= 11 is 0. The van der Waals surface area contributed by atoms with Gasteiger partial charge in [-0.25, -0.2) is 0 Å². The fourth-order valence-electron chi connectivity index (χ4n) is 4.01. The van der Waals surface area contributed by atoms with Crippen LogP contribution < -0.4 is 10.1 Å². The van der Waals surface area contributed by atoms with E-state index in [4.69, 9.17) is 9.47 Å². The summed E-state index contributed by atoms with van der Waals surface area (Å²) in [5, 5.41) is 14.1. The Labute approximate surface area is 178 Å². The Bertz CT molecular complexity index is 1250. The lowest BCUT2D eigenvalue weighted by molar-refractivity contribution is -0.385. The minimum Gasteiger partial charge on any atom is -0.467 e. The number of benzene rings is 3. The van der Waals surface area contributed by atoms with Crippen LogP contribution in [0.25, 0.3) is 17.2 Å². The van der Waals surface area contributed by atoms with Crippen LogP contribution in [0.2, 0.25) is 0 Å². The maximum Gasteiger partial charge on any atom is 0.270 e. The number of hydrogen-bond acceptors (Lipinski definition) is 5. The van der Waals surface area contributed by atoms with Gasteiger partial charge in [0.1, 0.15) is 5.75 Å². The maximum absolute atomic E-state index is 12.5. The molecule has 0 radical (unpaired) electrons. The number of fused-ring (bicyclic) bond motifs is 4. The van der Waals surface area contributed by atoms with Gasteiger partial charge in [-0.15, -0.1) is 0 Å². The van der Waals surface area contributed by atoms with Gasteiger partial charge in [0, 0.05) is 35.0 Å². The minimum atomic E-state index is -0.478. The van der Waals surface area contributed by atoms with Crippen molar-refractivity contribution >= 4 is 23.4 Å². The summed E-state index contributed by atoms with van der Waals surface area (Å²) in [5.41, 5.74) is 6.48. The monoisotopic (exact) mass is 414 g/mol. The highest BCUT2D eigenvalue weighted by Gasteiger charge is 2.20. The Morgan fingerprint density at radius 2 is 1.87 bits per heavy atom. The van der Waals surface area contributed by atoms with Crippen molar-refractivity contribution in [2.45, 2.75) is 13.0 Å². The number of nitro groups is 1. The van der Waals surface area contributed by atoms with E-state index in [9.17, 15) is 14.9 Å². The summed E-state index contributed by atoms with van der Waals surface area (Å²) in [4.78, 5) is 23.3. The molecule has 1 aliphatic carbocycles. The lowest BCUT2D eigenvalue weighted by atomic mass is 10.1. The fraction of sp³-hybridized carbons (Fsp3) is 0.125. The first-order chi connectivity index (χ1) is 15.1. The predicted molar refractivity (Wildman–Crippen MR) is 116 cm³/mol. The first-order valence-corrected chi connectivity index (χ1v) is 9.80. The molecule has 5 rings (SSSR count). The molecule has 0 fully saturated rings. The number of nitrogens with zero attached hydrogens (tertiary/aromatic N) is 1. The van der Waals surface area contributed by atoms with E-state index in [1.165, 1.54) is 41.0 Å². The summed E-state index contributed by atoms with van der Waals surface area (Å²) in [7, 11) is 0. The van der Waals surface area contributed by atoms with Gasteiger partial charge < -0.3 is 14.8 Å². The lowest BCUT2D eigenvalue weighted by Gasteiger charge is -2.19. The molecule has 0 saturated heterocycles. The molecule has 0 bridgehead atoms. The third kappa shape index (κ3) is 3.67. The minimum absolute atomic E-state index is 0.0639. The molecule has 3 aromatic carbocycles. The van der Waals surface area contributed by atoms with Crippen LogP contribution in [0.1, 0.15) is 22.3 Å². The van der Waals surface area contributed by atoms with Gasteiger partial charge in [-0.05, 0) is 46.9 Å². The second kappa shape index (κ2) is 7.70. The van der Waals surface area contributed by atoms with E-state index >= 15 is 0 Å². The molecular formula is C24H18N2O5. The van der Waals surface area contributed by atoms with E-state index in [-0.39, 0.29) is 25.0 Å². The molecule has 2 aliphatic rings. The second-order valence-corrected chi connectivity index (χ2v) is 7.42. The number of nitro benzene ring substituents is 1. The highest BCUT2D eigenvalue weighted by atomic mass is 16.7. The Hall–Kier alpha value is -3.97. The van der Waals surface area contributed by atoms with Crippen molar-refractivity contribution in [3.8, 4) is 16.9 Å². The molecule has 0 saturated carbocycles. The van der Waals surface area contributed by atoms with Gasteiger partial charge in [0.05, 0.1) is 11.5 Å². The summed E-state index contributed by atoms with van der Waals surface area (Å²) in [5.74, 6) is 0.161. The van der Waals surface area contributed by atoms with E-state index in [0.29, 0.717) is 22.6 Å². The van der Waals surface area contributed by atoms with Gasteiger partial charge in [-0.1, -0.05) is 30.3 Å². The van der Waals surface area contributed by atoms with Crippen molar-refractivity contribution in [2.24, 2.45) is 0 Å². The third-order valence-electron chi connectivity index (χ3n) is 5.41. The normalized spacial score (nSPS) is 13.8. The first kappa shape index (κ1) is 19.0. The highest BCUT2D eigenvalue weighted by Crippen LogP contribution is 2.38. The average Bonchev–Trinajstić information content (AvgIpc) is 3.15. The second-order valence-electron chi connectivity index (χ2n) is 7.42. The molecule has 3 aromatic rings. The predicted octanol–water partition coefficient (Wildman–Crippen LogP) is 4.68. The molecule has 0 atom stereocenters. The van der Waals surface area contributed by atoms with Crippen LogP contribution in [0.15, 0.2) is 60.7 Å². The van der Waals surface area contributed by atoms with Crippen molar-refractivity contribution in [2.75, 3.05) is 12.1 Å². The number of ether oxygens (including phenoxy) is 2. The first-order valence-electron chi connectivity index (χ1n) is 9.80. The number of rotatable bonds is 4. The van der Waals surface area contributed by atoms with Gasteiger partial charge in [0.25, 0.3) is 5.69 Å². The summed E-state index contributed by atoms with van der Waals surface area (Å²) in [6.45, 7) is 0.287. The molecular weight excluding hydrogens is 396 g/mol. The molecule has 1 amide bonds.